The monoisotopic (exact) mass is 589 g/mol. The fourth-order valence-corrected chi connectivity index (χ4v) is 5.54. The highest BCUT2D eigenvalue weighted by molar-refractivity contribution is 5.83. The number of alkyl halides is 3. The molecule has 2 aromatic rings. The van der Waals surface area contributed by atoms with Gasteiger partial charge in [-0.1, -0.05) is 6.07 Å². The molecule has 2 amide bonds. The van der Waals surface area contributed by atoms with Gasteiger partial charge in [0.2, 0.25) is 0 Å². The molecule has 0 saturated carbocycles. The van der Waals surface area contributed by atoms with Crippen molar-refractivity contribution in [2.45, 2.75) is 82.9 Å². The standard InChI is InChI=1S/C31H38F3N3O5/c1-30(2,3)42-29(39)37-14-10-22(11-15-37)35-28(38)27-18-20-4-9-25(19-26(20)41-27)40-24-12-16-36(17-13-24)23-7-5-21(6-8-23)31(32,33)34/h4-9,19,22,24,27H,10-18H2,1-3H3,(H,35,38). The first kappa shape index (κ1) is 29.8. The van der Waals surface area contributed by atoms with Crippen molar-refractivity contribution in [3.8, 4) is 11.5 Å². The summed E-state index contributed by atoms with van der Waals surface area (Å²) in [4.78, 5) is 29.0. The van der Waals surface area contributed by atoms with Gasteiger partial charge in [-0.3, -0.25) is 4.79 Å². The number of hydrogen-bond donors (Lipinski definition) is 1. The number of likely N-dealkylation sites (tertiary alicyclic amines) is 1. The topological polar surface area (TPSA) is 80.3 Å². The Balaban J connectivity index is 1.06. The summed E-state index contributed by atoms with van der Waals surface area (Å²) in [5.74, 6) is 1.13. The first-order valence-electron chi connectivity index (χ1n) is 14.5. The van der Waals surface area contributed by atoms with Gasteiger partial charge in [0.1, 0.15) is 23.2 Å². The largest absolute Gasteiger partial charge is 0.490 e. The van der Waals surface area contributed by atoms with E-state index in [-0.39, 0.29) is 24.1 Å². The molecule has 42 heavy (non-hydrogen) atoms. The molecule has 0 spiro atoms. The molecule has 2 fully saturated rings. The molecule has 3 aliphatic rings. The molecule has 0 bridgehead atoms. The van der Waals surface area contributed by atoms with Crippen molar-refractivity contribution < 1.29 is 37.0 Å². The minimum Gasteiger partial charge on any atom is -0.490 e. The van der Waals surface area contributed by atoms with E-state index in [9.17, 15) is 22.8 Å². The minimum absolute atomic E-state index is 0.0270. The van der Waals surface area contributed by atoms with Crippen LogP contribution in [0.15, 0.2) is 42.5 Å². The molecule has 1 atom stereocenters. The molecule has 3 heterocycles. The highest BCUT2D eigenvalue weighted by Crippen LogP contribution is 2.35. The predicted molar refractivity (Wildman–Crippen MR) is 151 cm³/mol. The number of amides is 2. The molecular formula is C31H38F3N3O5. The quantitative estimate of drug-likeness (QED) is 0.491. The maximum absolute atomic E-state index is 13.0. The third kappa shape index (κ3) is 7.41. The molecule has 11 heteroatoms. The highest BCUT2D eigenvalue weighted by atomic mass is 19.4. The number of anilines is 1. The SMILES string of the molecule is CC(C)(C)OC(=O)N1CCC(NC(=O)C2Cc3ccc(OC4CCN(c5ccc(C(F)(F)F)cc5)CC4)cc3O2)CC1. The number of piperidine rings is 2. The van der Waals surface area contributed by atoms with Crippen molar-refractivity contribution in [2.75, 3.05) is 31.1 Å². The Morgan fingerprint density at radius 1 is 0.929 bits per heavy atom. The molecule has 2 aromatic carbocycles. The number of carbonyl (C=O) groups excluding carboxylic acids is 2. The number of carbonyl (C=O) groups is 2. The molecule has 2 saturated heterocycles. The van der Waals surface area contributed by atoms with Crippen molar-refractivity contribution in [1.29, 1.82) is 0 Å². The summed E-state index contributed by atoms with van der Waals surface area (Å²) in [6.07, 6.45) is -2.07. The number of halogens is 3. The summed E-state index contributed by atoms with van der Waals surface area (Å²) in [6.45, 7) is 7.92. The van der Waals surface area contributed by atoms with E-state index < -0.39 is 23.4 Å². The molecule has 3 aliphatic heterocycles. The van der Waals surface area contributed by atoms with Gasteiger partial charge in [0.25, 0.3) is 5.91 Å². The molecule has 1 unspecified atom stereocenters. The Hall–Kier alpha value is -3.63. The van der Waals surface area contributed by atoms with Gasteiger partial charge in [-0.05, 0) is 69.5 Å². The van der Waals surface area contributed by atoms with Crippen LogP contribution >= 0.6 is 0 Å². The van der Waals surface area contributed by atoms with E-state index in [1.165, 1.54) is 12.1 Å². The Bertz CT molecular complexity index is 1260. The van der Waals surface area contributed by atoms with Crippen LogP contribution in [0.2, 0.25) is 0 Å². The smallest absolute Gasteiger partial charge is 0.416 e. The van der Waals surface area contributed by atoms with Crippen LogP contribution in [0.3, 0.4) is 0 Å². The third-order valence-electron chi connectivity index (χ3n) is 7.80. The highest BCUT2D eigenvalue weighted by Gasteiger charge is 2.34. The molecule has 1 N–H and O–H groups in total. The number of nitrogens with zero attached hydrogens (tertiary/aromatic N) is 2. The minimum atomic E-state index is -4.34. The summed E-state index contributed by atoms with van der Waals surface area (Å²) in [6, 6.07) is 10.9. The molecule has 0 aromatic heterocycles. The average molecular weight is 590 g/mol. The van der Waals surface area contributed by atoms with Crippen LogP contribution in [0.5, 0.6) is 11.5 Å². The second kappa shape index (κ2) is 11.9. The summed E-state index contributed by atoms with van der Waals surface area (Å²) in [5, 5.41) is 3.08. The van der Waals surface area contributed by atoms with E-state index in [4.69, 9.17) is 14.2 Å². The van der Waals surface area contributed by atoms with E-state index in [2.05, 4.69) is 10.2 Å². The lowest BCUT2D eigenvalue weighted by Crippen LogP contribution is -2.50. The average Bonchev–Trinajstić information content (AvgIpc) is 3.36. The molecule has 228 valence electrons. The first-order valence-corrected chi connectivity index (χ1v) is 14.5. The van der Waals surface area contributed by atoms with Gasteiger partial charge in [-0.25, -0.2) is 4.79 Å². The zero-order valence-corrected chi connectivity index (χ0v) is 24.2. The summed E-state index contributed by atoms with van der Waals surface area (Å²) >= 11 is 0. The van der Waals surface area contributed by atoms with Crippen LogP contribution < -0.4 is 19.7 Å². The Morgan fingerprint density at radius 3 is 2.21 bits per heavy atom. The van der Waals surface area contributed by atoms with E-state index in [1.54, 1.807) is 4.90 Å². The third-order valence-corrected chi connectivity index (χ3v) is 7.80. The number of ether oxygens (including phenoxy) is 3. The van der Waals surface area contributed by atoms with Crippen molar-refractivity contribution in [1.82, 2.24) is 10.2 Å². The van der Waals surface area contributed by atoms with Gasteiger partial charge in [0.05, 0.1) is 5.56 Å². The normalized spacial score (nSPS) is 20.1. The van der Waals surface area contributed by atoms with Gasteiger partial charge in [0, 0.05) is 63.2 Å². The van der Waals surface area contributed by atoms with Crippen molar-refractivity contribution in [2.24, 2.45) is 0 Å². The predicted octanol–water partition coefficient (Wildman–Crippen LogP) is 5.57. The molecule has 0 aliphatic carbocycles. The van der Waals surface area contributed by atoms with E-state index >= 15 is 0 Å². The number of rotatable bonds is 5. The van der Waals surface area contributed by atoms with Crippen LogP contribution in [0.4, 0.5) is 23.7 Å². The fraction of sp³-hybridized carbons (Fsp3) is 0.548. The second-order valence-corrected chi connectivity index (χ2v) is 12.2. The van der Waals surface area contributed by atoms with Crippen LogP contribution in [-0.4, -0.2) is 66.9 Å². The number of fused-ring (bicyclic) bond motifs is 1. The second-order valence-electron chi connectivity index (χ2n) is 12.2. The van der Waals surface area contributed by atoms with Gasteiger partial charge >= 0.3 is 12.3 Å². The Labute approximate surface area is 244 Å². The van der Waals surface area contributed by atoms with Gasteiger partial charge in [0.15, 0.2) is 6.10 Å². The zero-order chi connectivity index (χ0) is 30.1. The Morgan fingerprint density at radius 2 is 1.60 bits per heavy atom. The fourth-order valence-electron chi connectivity index (χ4n) is 5.54. The van der Waals surface area contributed by atoms with Crippen LogP contribution in [-0.2, 0) is 22.1 Å². The summed E-state index contributed by atoms with van der Waals surface area (Å²) < 4.78 is 56.2. The van der Waals surface area contributed by atoms with Crippen molar-refractivity contribution in [3.63, 3.8) is 0 Å². The number of nitrogens with one attached hydrogen (secondary N) is 1. The van der Waals surface area contributed by atoms with Crippen molar-refractivity contribution >= 4 is 17.7 Å². The van der Waals surface area contributed by atoms with E-state index in [0.717, 1.165) is 36.2 Å². The zero-order valence-electron chi connectivity index (χ0n) is 24.2. The molecule has 8 nitrogen and oxygen atoms in total. The molecular weight excluding hydrogens is 551 g/mol. The van der Waals surface area contributed by atoms with Crippen LogP contribution in [0.1, 0.15) is 57.6 Å². The maximum atomic E-state index is 13.0. The lowest BCUT2D eigenvalue weighted by molar-refractivity contribution is -0.137. The molecule has 5 rings (SSSR count). The Kier molecular flexibility index (Phi) is 8.48. The maximum Gasteiger partial charge on any atom is 0.416 e. The first-order chi connectivity index (χ1) is 19.8. The van der Waals surface area contributed by atoms with Gasteiger partial charge in [-0.2, -0.15) is 13.2 Å². The lowest BCUT2D eigenvalue weighted by Gasteiger charge is -2.34. The van der Waals surface area contributed by atoms with Crippen molar-refractivity contribution in [3.05, 3.63) is 53.6 Å². The van der Waals surface area contributed by atoms with Gasteiger partial charge in [-0.15, -0.1) is 0 Å². The van der Waals surface area contributed by atoms with Gasteiger partial charge < -0.3 is 29.3 Å². The lowest BCUT2D eigenvalue weighted by atomic mass is 10.0. The number of hydrogen-bond acceptors (Lipinski definition) is 6. The van der Waals surface area contributed by atoms with E-state index in [1.807, 2.05) is 39.0 Å². The molecule has 0 radical (unpaired) electrons. The summed E-state index contributed by atoms with van der Waals surface area (Å²) in [7, 11) is 0. The number of benzene rings is 2. The van der Waals surface area contributed by atoms with Crippen LogP contribution in [0.25, 0.3) is 0 Å². The van der Waals surface area contributed by atoms with E-state index in [0.29, 0.717) is 56.9 Å². The van der Waals surface area contributed by atoms with Crippen LogP contribution in [0, 0.1) is 0 Å². The summed E-state index contributed by atoms with van der Waals surface area (Å²) in [5.41, 5.74) is 0.519.